The molecular formula is C22H27NO5. The minimum atomic E-state index is -0.430. The van der Waals surface area contributed by atoms with E-state index in [9.17, 15) is 9.59 Å². The molecule has 4 aliphatic carbocycles. The molecule has 1 N–H and O–H groups in total. The minimum Gasteiger partial charge on any atom is -0.493 e. The first-order chi connectivity index (χ1) is 13.5. The van der Waals surface area contributed by atoms with Crippen molar-refractivity contribution in [2.45, 2.75) is 51.6 Å². The van der Waals surface area contributed by atoms with E-state index in [0.29, 0.717) is 34.7 Å². The number of amides is 1. The molecule has 0 aromatic heterocycles. The number of fused-ring (bicyclic) bond motifs is 1. The molecule has 4 bridgehead atoms. The number of carbonyl (C=O) groups is 2. The molecule has 0 atom stereocenters. The van der Waals surface area contributed by atoms with Gasteiger partial charge < -0.3 is 19.5 Å². The number of anilines is 1. The Morgan fingerprint density at radius 3 is 2.36 bits per heavy atom. The van der Waals surface area contributed by atoms with E-state index < -0.39 is 5.97 Å². The summed E-state index contributed by atoms with van der Waals surface area (Å²) >= 11 is 0. The van der Waals surface area contributed by atoms with Gasteiger partial charge in [-0.15, -0.1) is 0 Å². The van der Waals surface area contributed by atoms with Gasteiger partial charge >= 0.3 is 5.97 Å². The number of cyclic esters (lactones) is 1. The summed E-state index contributed by atoms with van der Waals surface area (Å²) in [6, 6.07) is 1.74. The first-order valence-electron chi connectivity index (χ1n) is 10.2. The second-order valence-electron chi connectivity index (χ2n) is 9.24. The normalized spacial score (nSPS) is 32.1. The third-order valence-electron chi connectivity index (χ3n) is 7.28. The van der Waals surface area contributed by atoms with Crippen molar-refractivity contribution in [3.63, 3.8) is 0 Å². The molecule has 6 rings (SSSR count). The number of rotatable bonds is 5. The van der Waals surface area contributed by atoms with Crippen LogP contribution in [-0.4, -0.2) is 26.1 Å². The van der Waals surface area contributed by atoms with E-state index in [1.54, 1.807) is 13.2 Å². The third-order valence-corrected chi connectivity index (χ3v) is 7.28. The summed E-state index contributed by atoms with van der Waals surface area (Å²) in [5.41, 5.74) is 1.62. The molecule has 5 aliphatic rings. The highest BCUT2D eigenvalue weighted by Gasteiger charge is 2.51. The maximum Gasteiger partial charge on any atom is 0.341 e. The predicted molar refractivity (Wildman–Crippen MR) is 103 cm³/mol. The number of nitrogens with one attached hydrogen (secondary N) is 1. The summed E-state index contributed by atoms with van der Waals surface area (Å²) < 4.78 is 16.1. The van der Waals surface area contributed by atoms with E-state index in [1.807, 2.05) is 0 Å². The van der Waals surface area contributed by atoms with Crippen LogP contribution in [-0.2, 0) is 16.1 Å². The third kappa shape index (κ3) is 2.76. The number of methoxy groups -OCH3 is 2. The van der Waals surface area contributed by atoms with Crippen LogP contribution >= 0.6 is 0 Å². The minimum absolute atomic E-state index is 0.0459. The lowest BCUT2D eigenvalue weighted by Gasteiger charge is -2.56. The van der Waals surface area contributed by atoms with E-state index in [1.165, 1.54) is 45.6 Å². The smallest absolute Gasteiger partial charge is 0.341 e. The van der Waals surface area contributed by atoms with Crippen molar-refractivity contribution in [1.82, 2.24) is 0 Å². The van der Waals surface area contributed by atoms with Crippen molar-refractivity contribution in [1.29, 1.82) is 0 Å². The molecule has 0 unspecified atom stereocenters. The van der Waals surface area contributed by atoms with Crippen molar-refractivity contribution in [3.05, 3.63) is 17.2 Å². The lowest BCUT2D eigenvalue weighted by atomic mass is 9.49. The van der Waals surface area contributed by atoms with Gasteiger partial charge in [0.15, 0.2) is 11.5 Å². The maximum atomic E-state index is 13.1. The Morgan fingerprint density at radius 1 is 1.14 bits per heavy atom. The summed E-state index contributed by atoms with van der Waals surface area (Å²) in [4.78, 5) is 25.4. The van der Waals surface area contributed by atoms with Crippen molar-refractivity contribution >= 4 is 17.6 Å². The fourth-order valence-electron chi connectivity index (χ4n) is 6.76. The molecule has 1 aliphatic heterocycles. The van der Waals surface area contributed by atoms with Crippen LogP contribution in [0.2, 0.25) is 0 Å². The van der Waals surface area contributed by atoms with Gasteiger partial charge in [0.1, 0.15) is 12.3 Å². The van der Waals surface area contributed by atoms with Gasteiger partial charge in [0.05, 0.1) is 19.8 Å². The molecular weight excluding hydrogens is 358 g/mol. The van der Waals surface area contributed by atoms with Gasteiger partial charge in [0.2, 0.25) is 5.91 Å². The molecule has 28 heavy (non-hydrogen) atoms. The van der Waals surface area contributed by atoms with Gasteiger partial charge in [-0.1, -0.05) is 0 Å². The summed E-state index contributed by atoms with van der Waals surface area (Å²) in [5, 5.41) is 3.00. The molecule has 0 radical (unpaired) electrons. The highest BCUT2D eigenvalue weighted by molar-refractivity contribution is 6.06. The summed E-state index contributed by atoms with van der Waals surface area (Å²) in [6.07, 6.45) is 8.07. The average molecular weight is 385 g/mol. The molecule has 0 saturated heterocycles. The number of hydrogen-bond acceptors (Lipinski definition) is 5. The quantitative estimate of drug-likeness (QED) is 0.778. The average Bonchev–Trinajstić information content (AvgIpc) is 3.00. The van der Waals surface area contributed by atoms with Crippen LogP contribution in [0.5, 0.6) is 11.5 Å². The topological polar surface area (TPSA) is 73.9 Å². The number of hydrogen-bond donors (Lipinski definition) is 1. The van der Waals surface area contributed by atoms with Crippen LogP contribution in [0, 0.1) is 23.2 Å². The van der Waals surface area contributed by atoms with Crippen molar-refractivity contribution in [3.8, 4) is 11.5 Å². The Bertz CT molecular complexity index is 811. The molecule has 1 aromatic rings. The van der Waals surface area contributed by atoms with Crippen molar-refractivity contribution < 1.29 is 23.8 Å². The fourth-order valence-corrected chi connectivity index (χ4v) is 6.76. The molecule has 4 fully saturated rings. The maximum absolute atomic E-state index is 13.1. The van der Waals surface area contributed by atoms with Gasteiger partial charge in [-0.25, -0.2) is 4.79 Å². The molecule has 4 saturated carbocycles. The Hall–Kier alpha value is -2.24. The highest BCUT2D eigenvalue weighted by Crippen LogP contribution is 2.61. The van der Waals surface area contributed by atoms with Crippen LogP contribution in [0.25, 0.3) is 0 Å². The molecule has 1 amide bonds. The second kappa shape index (κ2) is 6.39. The Morgan fingerprint density at radius 2 is 1.79 bits per heavy atom. The molecule has 0 spiro atoms. The fraction of sp³-hybridized carbons (Fsp3) is 0.636. The van der Waals surface area contributed by atoms with Crippen LogP contribution in [0.3, 0.4) is 0 Å². The number of ether oxygens (including phenoxy) is 3. The SMILES string of the molecule is COc1cc2c(c(NC(=O)CC34CC5CC(CC(C5)C3)C4)c1OC)C(=O)OC2. The summed E-state index contributed by atoms with van der Waals surface area (Å²) in [5.74, 6) is 2.78. The highest BCUT2D eigenvalue weighted by atomic mass is 16.5. The number of benzene rings is 1. The van der Waals surface area contributed by atoms with Crippen LogP contribution in [0.1, 0.15) is 60.9 Å². The monoisotopic (exact) mass is 385 g/mol. The largest absolute Gasteiger partial charge is 0.493 e. The van der Waals surface area contributed by atoms with Gasteiger partial charge in [0.25, 0.3) is 0 Å². The molecule has 6 heteroatoms. The van der Waals surface area contributed by atoms with E-state index >= 15 is 0 Å². The Kier molecular flexibility index (Phi) is 4.07. The molecule has 150 valence electrons. The first-order valence-corrected chi connectivity index (χ1v) is 10.2. The van der Waals surface area contributed by atoms with Gasteiger partial charge in [-0.2, -0.15) is 0 Å². The standard InChI is InChI=1S/C22H27NO5/c1-26-16-6-15-11-28-21(25)18(15)19(20(16)27-2)23-17(24)10-22-7-12-3-13(8-22)5-14(4-12)9-22/h6,12-14H,3-5,7-11H2,1-2H3,(H,23,24). The van der Waals surface area contributed by atoms with E-state index in [-0.39, 0.29) is 17.9 Å². The van der Waals surface area contributed by atoms with Crippen molar-refractivity contribution in [2.75, 3.05) is 19.5 Å². The molecule has 1 aromatic carbocycles. The van der Waals surface area contributed by atoms with Crippen LogP contribution in [0.4, 0.5) is 5.69 Å². The zero-order valence-corrected chi connectivity index (χ0v) is 16.5. The molecule has 6 nitrogen and oxygen atoms in total. The zero-order chi connectivity index (χ0) is 19.5. The van der Waals surface area contributed by atoms with Gasteiger partial charge in [-0.3, -0.25) is 4.79 Å². The van der Waals surface area contributed by atoms with E-state index in [2.05, 4.69) is 5.32 Å². The van der Waals surface area contributed by atoms with Crippen LogP contribution in [0.15, 0.2) is 6.07 Å². The lowest BCUT2D eigenvalue weighted by molar-refractivity contribution is -0.124. The summed E-state index contributed by atoms with van der Waals surface area (Å²) in [7, 11) is 3.06. The second-order valence-corrected chi connectivity index (χ2v) is 9.24. The Balaban J connectivity index is 1.43. The Labute approximate surface area is 164 Å². The predicted octanol–water partition coefficient (Wildman–Crippen LogP) is 3.92. The van der Waals surface area contributed by atoms with Gasteiger partial charge in [0, 0.05) is 12.0 Å². The van der Waals surface area contributed by atoms with Crippen molar-refractivity contribution in [2.24, 2.45) is 23.2 Å². The van der Waals surface area contributed by atoms with Gasteiger partial charge in [-0.05, 0) is 67.8 Å². The van der Waals surface area contributed by atoms with E-state index in [0.717, 1.165) is 17.8 Å². The summed E-state index contributed by atoms with van der Waals surface area (Å²) in [6.45, 7) is 0.187. The lowest BCUT2D eigenvalue weighted by Crippen LogP contribution is -2.47. The number of carbonyl (C=O) groups excluding carboxylic acids is 2. The first kappa shape index (κ1) is 17.8. The van der Waals surface area contributed by atoms with E-state index in [4.69, 9.17) is 14.2 Å². The number of esters is 1. The van der Waals surface area contributed by atoms with Crippen LogP contribution < -0.4 is 14.8 Å². The zero-order valence-electron chi connectivity index (χ0n) is 16.5. The molecule has 1 heterocycles.